The number of nitrogens with zero attached hydrogens (tertiary/aromatic N) is 1. The van der Waals surface area contributed by atoms with Crippen molar-refractivity contribution in [2.45, 2.75) is 4.90 Å². The van der Waals surface area contributed by atoms with Gasteiger partial charge in [-0.3, -0.25) is 14.9 Å². The van der Waals surface area contributed by atoms with Crippen LogP contribution in [-0.2, 0) is 19.6 Å². The van der Waals surface area contributed by atoms with E-state index in [0.717, 1.165) is 18.2 Å². The van der Waals surface area contributed by atoms with Gasteiger partial charge in [-0.25, -0.2) is 12.8 Å². The molecule has 1 aromatic carbocycles. The minimum Gasteiger partial charge on any atom is -0.294 e. The van der Waals surface area contributed by atoms with Crippen molar-refractivity contribution in [3.63, 3.8) is 0 Å². The largest absolute Gasteiger partial charge is 0.294 e. The lowest BCUT2D eigenvalue weighted by Crippen LogP contribution is -2.53. The van der Waals surface area contributed by atoms with Crippen LogP contribution in [0.5, 0.6) is 0 Å². The highest BCUT2D eigenvalue weighted by atomic mass is 35.5. The van der Waals surface area contributed by atoms with Gasteiger partial charge in [-0.2, -0.15) is 4.31 Å². The van der Waals surface area contributed by atoms with E-state index >= 15 is 0 Å². The molecule has 0 unspecified atom stereocenters. The van der Waals surface area contributed by atoms with Crippen molar-refractivity contribution < 1.29 is 22.4 Å². The van der Waals surface area contributed by atoms with Crippen molar-refractivity contribution in [1.29, 1.82) is 0 Å². The molecule has 0 bridgehead atoms. The highest BCUT2D eigenvalue weighted by molar-refractivity contribution is 7.89. The monoisotopic (exact) mass is 306 g/mol. The second-order valence-corrected chi connectivity index (χ2v) is 6.13. The first-order chi connectivity index (χ1) is 8.80. The lowest BCUT2D eigenvalue weighted by atomic mass is 10.3. The Bertz CT molecular complexity index is 645. The second-order valence-electron chi connectivity index (χ2n) is 3.82. The third-order valence-electron chi connectivity index (χ3n) is 2.43. The molecule has 0 saturated carbocycles. The molecule has 1 aromatic rings. The maximum Gasteiger partial charge on any atom is 0.245 e. The van der Waals surface area contributed by atoms with Gasteiger partial charge in [0.2, 0.25) is 21.8 Å². The molecule has 2 amide bonds. The van der Waals surface area contributed by atoms with Gasteiger partial charge in [-0.15, -0.1) is 0 Å². The van der Waals surface area contributed by atoms with Crippen LogP contribution >= 0.6 is 11.6 Å². The standard InChI is InChI=1S/C10H8ClFN2O4S/c11-7-2-1-6(12)3-8(7)19(17,18)14-4-9(15)13-10(16)5-14/h1-3H,4-5H2,(H,13,15,16). The summed E-state index contributed by atoms with van der Waals surface area (Å²) in [5.74, 6) is -2.27. The lowest BCUT2D eigenvalue weighted by Gasteiger charge is -2.25. The third-order valence-corrected chi connectivity index (χ3v) is 4.70. The van der Waals surface area contributed by atoms with E-state index in [1.165, 1.54) is 0 Å². The maximum absolute atomic E-state index is 13.1. The third kappa shape index (κ3) is 2.75. The minimum absolute atomic E-state index is 0.181. The molecule has 1 heterocycles. The summed E-state index contributed by atoms with van der Waals surface area (Å²) in [6.45, 7) is -1.03. The van der Waals surface area contributed by atoms with Gasteiger partial charge in [0.1, 0.15) is 10.7 Å². The molecule has 1 saturated heterocycles. The van der Waals surface area contributed by atoms with E-state index in [0.29, 0.717) is 4.31 Å². The van der Waals surface area contributed by atoms with Crippen LogP contribution in [0, 0.1) is 5.82 Å². The predicted octanol–water partition coefficient (Wildman–Crippen LogP) is 0.126. The van der Waals surface area contributed by atoms with Gasteiger partial charge >= 0.3 is 0 Å². The Balaban J connectivity index is 2.44. The molecule has 0 aliphatic carbocycles. The fourth-order valence-corrected chi connectivity index (χ4v) is 3.43. The maximum atomic E-state index is 13.1. The van der Waals surface area contributed by atoms with Gasteiger partial charge in [0, 0.05) is 0 Å². The molecular weight excluding hydrogens is 299 g/mol. The molecule has 0 spiro atoms. The molecule has 1 aliphatic rings. The Morgan fingerprint density at radius 1 is 1.21 bits per heavy atom. The topological polar surface area (TPSA) is 83.6 Å². The molecule has 1 N–H and O–H groups in total. The Morgan fingerprint density at radius 3 is 2.37 bits per heavy atom. The van der Waals surface area contributed by atoms with E-state index in [4.69, 9.17) is 11.6 Å². The zero-order chi connectivity index (χ0) is 14.2. The first-order valence-electron chi connectivity index (χ1n) is 5.08. The molecule has 19 heavy (non-hydrogen) atoms. The van der Waals surface area contributed by atoms with Gasteiger partial charge in [-0.05, 0) is 18.2 Å². The number of sulfonamides is 1. The van der Waals surface area contributed by atoms with Crippen LogP contribution in [0.2, 0.25) is 5.02 Å². The molecule has 1 fully saturated rings. The Kier molecular flexibility index (Phi) is 3.57. The first kappa shape index (κ1) is 13.9. The van der Waals surface area contributed by atoms with Gasteiger partial charge in [-0.1, -0.05) is 11.6 Å². The number of carbonyl (C=O) groups excluding carboxylic acids is 2. The number of hydrogen-bond acceptors (Lipinski definition) is 4. The number of nitrogens with one attached hydrogen (secondary N) is 1. The van der Waals surface area contributed by atoms with E-state index in [2.05, 4.69) is 0 Å². The summed E-state index contributed by atoms with van der Waals surface area (Å²) in [5, 5.41) is 1.79. The molecule has 0 aromatic heterocycles. The highest BCUT2D eigenvalue weighted by Crippen LogP contribution is 2.25. The van der Waals surface area contributed by atoms with Crippen molar-refractivity contribution >= 4 is 33.4 Å². The van der Waals surface area contributed by atoms with Crippen LogP contribution in [0.3, 0.4) is 0 Å². The van der Waals surface area contributed by atoms with E-state index in [1.54, 1.807) is 0 Å². The number of imide groups is 1. The zero-order valence-corrected chi connectivity index (χ0v) is 11.0. The van der Waals surface area contributed by atoms with Crippen molar-refractivity contribution in [2.24, 2.45) is 0 Å². The molecular formula is C10H8ClFN2O4S. The quantitative estimate of drug-likeness (QED) is 0.787. The van der Waals surface area contributed by atoms with Crippen LogP contribution in [-0.4, -0.2) is 37.6 Å². The van der Waals surface area contributed by atoms with Crippen molar-refractivity contribution in [3.05, 3.63) is 29.0 Å². The SMILES string of the molecule is O=C1CN(S(=O)(=O)c2cc(F)ccc2Cl)CC(=O)N1. The number of hydrogen-bond donors (Lipinski definition) is 1. The Morgan fingerprint density at radius 2 is 1.79 bits per heavy atom. The first-order valence-corrected chi connectivity index (χ1v) is 6.90. The second kappa shape index (κ2) is 4.87. The molecule has 102 valence electrons. The van der Waals surface area contributed by atoms with E-state index < -0.39 is 45.6 Å². The Hall–Kier alpha value is -1.51. The van der Waals surface area contributed by atoms with Gasteiger partial charge in [0.05, 0.1) is 18.1 Å². The molecule has 0 radical (unpaired) electrons. The van der Waals surface area contributed by atoms with Crippen molar-refractivity contribution in [2.75, 3.05) is 13.1 Å². The number of halogens is 2. The summed E-state index contributed by atoms with van der Waals surface area (Å²) in [6, 6.07) is 2.85. The average molecular weight is 307 g/mol. The van der Waals surface area contributed by atoms with Gasteiger partial charge in [0.25, 0.3) is 0 Å². The van der Waals surface area contributed by atoms with E-state index in [-0.39, 0.29) is 5.02 Å². The number of amides is 2. The number of carbonyl (C=O) groups is 2. The van der Waals surface area contributed by atoms with Crippen molar-refractivity contribution in [3.8, 4) is 0 Å². The molecule has 9 heteroatoms. The fraction of sp³-hybridized carbons (Fsp3) is 0.200. The van der Waals surface area contributed by atoms with Crippen LogP contribution in [0.1, 0.15) is 0 Å². The summed E-state index contributed by atoms with van der Waals surface area (Å²) >= 11 is 5.71. The normalized spacial score (nSPS) is 17.4. The van der Waals surface area contributed by atoms with E-state index in [9.17, 15) is 22.4 Å². The molecule has 1 aliphatic heterocycles. The van der Waals surface area contributed by atoms with Crippen molar-refractivity contribution in [1.82, 2.24) is 9.62 Å². The van der Waals surface area contributed by atoms with E-state index in [1.807, 2.05) is 5.32 Å². The fourth-order valence-electron chi connectivity index (χ4n) is 1.59. The van der Waals surface area contributed by atoms with Crippen LogP contribution in [0.15, 0.2) is 23.1 Å². The highest BCUT2D eigenvalue weighted by Gasteiger charge is 2.34. The van der Waals surface area contributed by atoms with Gasteiger partial charge < -0.3 is 0 Å². The smallest absolute Gasteiger partial charge is 0.245 e. The summed E-state index contributed by atoms with van der Waals surface area (Å²) < 4.78 is 38.1. The van der Waals surface area contributed by atoms with Crippen LogP contribution in [0.4, 0.5) is 4.39 Å². The Labute approximate surface area is 113 Å². The average Bonchev–Trinajstić information content (AvgIpc) is 2.31. The summed E-state index contributed by atoms with van der Waals surface area (Å²) in [6.07, 6.45) is 0. The summed E-state index contributed by atoms with van der Waals surface area (Å²) in [5.41, 5.74) is 0. The summed E-state index contributed by atoms with van der Waals surface area (Å²) in [7, 11) is -4.20. The number of piperazine rings is 1. The molecule has 2 rings (SSSR count). The van der Waals surface area contributed by atoms with Crippen LogP contribution in [0.25, 0.3) is 0 Å². The van der Waals surface area contributed by atoms with Crippen LogP contribution < -0.4 is 5.32 Å². The number of rotatable bonds is 2. The molecule has 0 atom stereocenters. The summed E-state index contributed by atoms with van der Waals surface area (Å²) in [4.78, 5) is 21.9. The minimum atomic E-state index is -4.20. The predicted molar refractivity (Wildman–Crippen MR) is 63.3 cm³/mol. The molecule has 6 nitrogen and oxygen atoms in total. The zero-order valence-electron chi connectivity index (χ0n) is 9.39. The van der Waals surface area contributed by atoms with Gasteiger partial charge in [0.15, 0.2) is 0 Å². The number of benzene rings is 1. The lowest BCUT2D eigenvalue weighted by molar-refractivity contribution is -0.134.